The summed E-state index contributed by atoms with van der Waals surface area (Å²) in [5.41, 5.74) is 0.869. The molecular formula is C17H19NO2S. The summed E-state index contributed by atoms with van der Waals surface area (Å²) in [6.45, 7) is 0.616. The largest absolute Gasteiger partial charge is 0.367 e. The topological polar surface area (TPSA) is 38.3 Å². The molecule has 0 aliphatic rings. The van der Waals surface area contributed by atoms with Gasteiger partial charge >= 0.3 is 0 Å². The summed E-state index contributed by atoms with van der Waals surface area (Å²) in [5.74, 6) is 0.735. The number of carbonyl (C=O) groups is 1. The zero-order valence-electron chi connectivity index (χ0n) is 12.0. The predicted octanol–water partition coefficient (Wildman–Crippen LogP) is 3.28. The average Bonchev–Trinajstić information content (AvgIpc) is 2.54. The highest BCUT2D eigenvalue weighted by atomic mass is 32.2. The van der Waals surface area contributed by atoms with Crippen LogP contribution in [0, 0.1) is 0 Å². The van der Waals surface area contributed by atoms with Gasteiger partial charge in [0.2, 0.25) is 0 Å². The predicted molar refractivity (Wildman–Crippen MR) is 86.4 cm³/mol. The van der Waals surface area contributed by atoms with E-state index in [0.717, 1.165) is 11.3 Å². The van der Waals surface area contributed by atoms with Gasteiger partial charge in [-0.05, 0) is 17.7 Å². The molecule has 0 fully saturated rings. The number of methoxy groups -OCH3 is 1. The van der Waals surface area contributed by atoms with Gasteiger partial charge in [0.05, 0.1) is 0 Å². The van der Waals surface area contributed by atoms with E-state index in [9.17, 15) is 4.79 Å². The van der Waals surface area contributed by atoms with E-state index in [-0.39, 0.29) is 5.91 Å². The van der Waals surface area contributed by atoms with Crippen LogP contribution in [0.2, 0.25) is 0 Å². The van der Waals surface area contributed by atoms with Crippen LogP contribution in [0.15, 0.2) is 65.6 Å². The lowest BCUT2D eigenvalue weighted by molar-refractivity contribution is -0.131. The van der Waals surface area contributed by atoms with Crippen molar-refractivity contribution in [3.05, 3.63) is 66.2 Å². The molecule has 0 aliphatic carbocycles. The molecule has 0 unspecified atom stereocenters. The fourth-order valence-corrected chi connectivity index (χ4v) is 2.76. The number of rotatable bonds is 7. The smallest absolute Gasteiger partial charge is 0.253 e. The van der Waals surface area contributed by atoms with Crippen molar-refractivity contribution in [1.29, 1.82) is 0 Å². The van der Waals surface area contributed by atoms with Crippen LogP contribution in [0.3, 0.4) is 0 Å². The van der Waals surface area contributed by atoms with Gasteiger partial charge < -0.3 is 10.1 Å². The molecule has 0 radical (unpaired) electrons. The standard InChI is InChI=1S/C17H19NO2S/c1-20-16(14-8-4-2-5-9-14)17(19)18-12-13-21-15-10-6-3-7-11-15/h2-11,16H,12-13H2,1H3,(H,18,19)/t16-/m0/s1. The minimum atomic E-state index is -0.548. The minimum Gasteiger partial charge on any atom is -0.367 e. The highest BCUT2D eigenvalue weighted by Crippen LogP contribution is 2.17. The van der Waals surface area contributed by atoms with Gasteiger partial charge in [-0.2, -0.15) is 0 Å². The van der Waals surface area contributed by atoms with E-state index in [1.807, 2.05) is 48.5 Å². The summed E-state index contributed by atoms with van der Waals surface area (Å²) in [5, 5.41) is 2.92. The Morgan fingerprint density at radius 2 is 1.71 bits per heavy atom. The zero-order chi connectivity index (χ0) is 14.9. The molecule has 2 aromatic carbocycles. The molecule has 2 rings (SSSR count). The number of hydrogen-bond acceptors (Lipinski definition) is 3. The molecule has 21 heavy (non-hydrogen) atoms. The van der Waals surface area contributed by atoms with Crippen LogP contribution >= 0.6 is 11.8 Å². The summed E-state index contributed by atoms with van der Waals surface area (Å²) in [7, 11) is 1.55. The van der Waals surface area contributed by atoms with Crippen LogP contribution in [-0.2, 0) is 9.53 Å². The molecule has 2 aromatic rings. The molecule has 0 heterocycles. The number of nitrogens with one attached hydrogen (secondary N) is 1. The van der Waals surface area contributed by atoms with Crippen LogP contribution in [0.25, 0.3) is 0 Å². The Kier molecular flexibility index (Phi) is 6.31. The van der Waals surface area contributed by atoms with Gasteiger partial charge in [-0.1, -0.05) is 48.5 Å². The fourth-order valence-electron chi connectivity index (χ4n) is 1.97. The van der Waals surface area contributed by atoms with Crippen LogP contribution in [-0.4, -0.2) is 25.3 Å². The molecule has 0 aromatic heterocycles. The maximum Gasteiger partial charge on any atom is 0.253 e. The first-order valence-electron chi connectivity index (χ1n) is 6.84. The summed E-state index contributed by atoms with van der Waals surface area (Å²) in [6, 6.07) is 19.7. The summed E-state index contributed by atoms with van der Waals surface area (Å²) in [4.78, 5) is 13.3. The molecule has 1 N–H and O–H groups in total. The van der Waals surface area contributed by atoms with Crippen molar-refractivity contribution in [3.8, 4) is 0 Å². The lowest BCUT2D eigenvalue weighted by Crippen LogP contribution is -2.32. The van der Waals surface area contributed by atoms with E-state index >= 15 is 0 Å². The van der Waals surface area contributed by atoms with Gasteiger partial charge in [-0.15, -0.1) is 11.8 Å². The molecule has 0 aliphatic heterocycles. The molecule has 0 saturated heterocycles. The number of benzene rings is 2. The van der Waals surface area contributed by atoms with E-state index in [1.54, 1.807) is 18.9 Å². The highest BCUT2D eigenvalue weighted by Gasteiger charge is 2.18. The third-order valence-electron chi connectivity index (χ3n) is 2.99. The lowest BCUT2D eigenvalue weighted by Gasteiger charge is -2.15. The first-order chi connectivity index (χ1) is 10.3. The van der Waals surface area contributed by atoms with Gasteiger partial charge in [0.1, 0.15) is 0 Å². The summed E-state index contributed by atoms with van der Waals surface area (Å²) in [6.07, 6.45) is -0.548. The second-order valence-corrected chi connectivity index (χ2v) is 5.65. The van der Waals surface area contributed by atoms with Crippen LogP contribution in [0.1, 0.15) is 11.7 Å². The molecule has 0 spiro atoms. The lowest BCUT2D eigenvalue weighted by atomic mass is 10.1. The third kappa shape index (κ3) is 4.92. The monoisotopic (exact) mass is 301 g/mol. The van der Waals surface area contributed by atoms with Crippen molar-refractivity contribution < 1.29 is 9.53 Å². The normalized spacial score (nSPS) is 11.9. The maximum atomic E-state index is 12.1. The Morgan fingerprint density at radius 1 is 1.10 bits per heavy atom. The first kappa shape index (κ1) is 15.6. The second-order valence-electron chi connectivity index (χ2n) is 4.48. The van der Waals surface area contributed by atoms with Gasteiger partial charge in [-0.3, -0.25) is 4.79 Å². The molecule has 0 bridgehead atoms. The summed E-state index contributed by atoms with van der Waals surface area (Å²) >= 11 is 1.72. The number of amides is 1. The first-order valence-corrected chi connectivity index (χ1v) is 7.83. The van der Waals surface area contributed by atoms with Crippen LogP contribution < -0.4 is 5.32 Å². The maximum absolute atomic E-state index is 12.1. The zero-order valence-corrected chi connectivity index (χ0v) is 12.8. The SMILES string of the molecule is CO[C@H](C(=O)NCCSc1ccccc1)c1ccccc1. The third-order valence-corrected chi connectivity index (χ3v) is 4.00. The number of ether oxygens (including phenoxy) is 1. The van der Waals surface area contributed by atoms with E-state index in [1.165, 1.54) is 4.90 Å². The van der Waals surface area contributed by atoms with Gasteiger partial charge in [0, 0.05) is 24.3 Å². The van der Waals surface area contributed by atoms with E-state index in [4.69, 9.17) is 4.74 Å². The molecule has 110 valence electrons. The Balaban J connectivity index is 1.78. The van der Waals surface area contributed by atoms with Gasteiger partial charge in [-0.25, -0.2) is 0 Å². The van der Waals surface area contributed by atoms with Crippen molar-refractivity contribution >= 4 is 17.7 Å². The second kappa shape index (κ2) is 8.49. The Labute approximate surface area is 129 Å². The van der Waals surface area contributed by atoms with Crippen molar-refractivity contribution in [2.75, 3.05) is 19.4 Å². The molecule has 0 saturated carbocycles. The Hall–Kier alpha value is -1.78. The molecular weight excluding hydrogens is 282 g/mol. The van der Waals surface area contributed by atoms with Crippen molar-refractivity contribution in [3.63, 3.8) is 0 Å². The Bertz CT molecular complexity index is 545. The van der Waals surface area contributed by atoms with Crippen molar-refractivity contribution in [2.24, 2.45) is 0 Å². The molecule has 3 nitrogen and oxygen atoms in total. The van der Waals surface area contributed by atoms with Gasteiger partial charge in [0.25, 0.3) is 5.91 Å². The highest BCUT2D eigenvalue weighted by molar-refractivity contribution is 7.99. The van der Waals surface area contributed by atoms with E-state index < -0.39 is 6.10 Å². The van der Waals surface area contributed by atoms with Gasteiger partial charge in [0.15, 0.2) is 6.10 Å². The van der Waals surface area contributed by atoms with E-state index in [0.29, 0.717) is 6.54 Å². The number of thioether (sulfide) groups is 1. The number of hydrogen-bond donors (Lipinski definition) is 1. The Morgan fingerprint density at radius 3 is 2.33 bits per heavy atom. The fraction of sp³-hybridized carbons (Fsp3) is 0.235. The quantitative estimate of drug-likeness (QED) is 0.630. The minimum absolute atomic E-state index is 0.0997. The number of carbonyl (C=O) groups excluding carboxylic acids is 1. The summed E-state index contributed by atoms with van der Waals surface area (Å²) < 4.78 is 5.29. The van der Waals surface area contributed by atoms with Crippen molar-refractivity contribution in [2.45, 2.75) is 11.0 Å². The van der Waals surface area contributed by atoms with Crippen LogP contribution in [0.4, 0.5) is 0 Å². The van der Waals surface area contributed by atoms with Crippen LogP contribution in [0.5, 0.6) is 0 Å². The molecule has 1 atom stereocenters. The van der Waals surface area contributed by atoms with Crippen molar-refractivity contribution in [1.82, 2.24) is 5.32 Å². The average molecular weight is 301 g/mol. The van der Waals surface area contributed by atoms with E-state index in [2.05, 4.69) is 17.4 Å². The molecule has 1 amide bonds. The molecule has 4 heteroatoms.